The second-order valence-corrected chi connectivity index (χ2v) is 6.73. The van der Waals surface area contributed by atoms with Crippen LogP contribution in [-0.2, 0) is 0 Å². The maximum Gasteiger partial charge on any atom is 0.274 e. The zero-order valence-corrected chi connectivity index (χ0v) is 15.8. The summed E-state index contributed by atoms with van der Waals surface area (Å²) >= 11 is 0. The SMILES string of the molecule is Nc1cccc(NC2N=CC=C(C3=CC(NC(=O)c4ccccn4)=CCC3)N2)c1. The van der Waals surface area contributed by atoms with Crippen molar-refractivity contribution in [1.82, 2.24) is 15.6 Å². The van der Waals surface area contributed by atoms with Crippen molar-refractivity contribution in [3.8, 4) is 0 Å². The summed E-state index contributed by atoms with van der Waals surface area (Å²) in [6, 6.07) is 12.8. The van der Waals surface area contributed by atoms with Crippen molar-refractivity contribution in [1.29, 1.82) is 0 Å². The largest absolute Gasteiger partial charge is 0.399 e. The van der Waals surface area contributed by atoms with E-state index in [-0.39, 0.29) is 12.2 Å². The molecule has 1 aliphatic carbocycles. The van der Waals surface area contributed by atoms with Gasteiger partial charge in [-0.25, -0.2) is 4.99 Å². The molecule has 1 atom stereocenters. The van der Waals surface area contributed by atoms with Gasteiger partial charge in [0.1, 0.15) is 5.69 Å². The Morgan fingerprint density at radius 1 is 1.21 bits per heavy atom. The molecular weight excluding hydrogens is 364 g/mol. The van der Waals surface area contributed by atoms with E-state index in [2.05, 4.69) is 25.9 Å². The molecule has 1 aliphatic heterocycles. The molecular formula is C22H22N6O. The van der Waals surface area contributed by atoms with Gasteiger partial charge in [0.05, 0.1) is 0 Å². The molecule has 0 saturated heterocycles. The first-order valence-corrected chi connectivity index (χ1v) is 9.43. The molecule has 29 heavy (non-hydrogen) atoms. The average Bonchev–Trinajstić information content (AvgIpc) is 2.75. The Hall–Kier alpha value is -3.87. The number of carbonyl (C=O) groups excluding carboxylic acids is 1. The molecule has 7 nitrogen and oxygen atoms in total. The number of benzene rings is 1. The van der Waals surface area contributed by atoms with Gasteiger partial charge in [-0.05, 0) is 60.9 Å². The van der Waals surface area contributed by atoms with Gasteiger partial charge in [-0.15, -0.1) is 0 Å². The fourth-order valence-electron chi connectivity index (χ4n) is 3.19. The Morgan fingerprint density at radius 3 is 2.97 bits per heavy atom. The van der Waals surface area contributed by atoms with Crippen LogP contribution in [0, 0.1) is 0 Å². The van der Waals surface area contributed by atoms with Crippen LogP contribution in [0.3, 0.4) is 0 Å². The van der Waals surface area contributed by atoms with Gasteiger partial charge in [0.2, 0.25) is 0 Å². The minimum Gasteiger partial charge on any atom is -0.399 e. The third-order valence-electron chi connectivity index (χ3n) is 4.57. The molecule has 0 radical (unpaired) electrons. The second-order valence-electron chi connectivity index (χ2n) is 6.73. The van der Waals surface area contributed by atoms with Crippen LogP contribution in [0.5, 0.6) is 0 Å². The third-order valence-corrected chi connectivity index (χ3v) is 4.57. The van der Waals surface area contributed by atoms with Crippen molar-refractivity contribution in [2.24, 2.45) is 4.99 Å². The van der Waals surface area contributed by atoms with E-state index in [9.17, 15) is 4.79 Å². The zero-order valence-electron chi connectivity index (χ0n) is 15.8. The molecule has 1 unspecified atom stereocenters. The average molecular weight is 386 g/mol. The minimum absolute atomic E-state index is 0.220. The number of nitrogens with two attached hydrogens (primary N) is 1. The number of allylic oxidation sites excluding steroid dienone is 4. The number of nitrogens with zero attached hydrogens (tertiary/aromatic N) is 2. The molecule has 5 N–H and O–H groups in total. The highest BCUT2D eigenvalue weighted by Gasteiger charge is 2.17. The number of hydrogen-bond acceptors (Lipinski definition) is 6. The van der Waals surface area contributed by atoms with Crippen molar-refractivity contribution in [2.45, 2.75) is 19.1 Å². The summed E-state index contributed by atoms with van der Waals surface area (Å²) in [6.07, 6.45) is 10.7. The molecule has 2 aromatic rings. The van der Waals surface area contributed by atoms with Crippen molar-refractivity contribution >= 4 is 23.5 Å². The smallest absolute Gasteiger partial charge is 0.274 e. The van der Waals surface area contributed by atoms with Gasteiger partial charge in [-0.3, -0.25) is 9.78 Å². The predicted octanol–water partition coefficient (Wildman–Crippen LogP) is 2.95. The molecule has 0 saturated carbocycles. The predicted molar refractivity (Wildman–Crippen MR) is 115 cm³/mol. The molecule has 0 fully saturated rings. The minimum atomic E-state index is -0.296. The maximum absolute atomic E-state index is 12.4. The summed E-state index contributed by atoms with van der Waals surface area (Å²) in [5, 5.41) is 9.62. The first-order chi connectivity index (χ1) is 14.2. The molecule has 7 heteroatoms. The van der Waals surface area contributed by atoms with E-state index in [0.717, 1.165) is 35.5 Å². The van der Waals surface area contributed by atoms with Crippen molar-refractivity contribution in [2.75, 3.05) is 11.1 Å². The van der Waals surface area contributed by atoms with Crippen LogP contribution >= 0.6 is 0 Å². The molecule has 1 aromatic carbocycles. The van der Waals surface area contributed by atoms with E-state index in [1.807, 2.05) is 42.5 Å². The summed E-state index contributed by atoms with van der Waals surface area (Å²) in [5.41, 5.74) is 10.7. The number of hydrogen-bond donors (Lipinski definition) is 4. The first-order valence-electron chi connectivity index (χ1n) is 9.43. The van der Waals surface area contributed by atoms with Gasteiger partial charge in [-0.1, -0.05) is 18.2 Å². The number of anilines is 2. The number of pyridine rings is 1. The molecule has 0 spiro atoms. The Kier molecular flexibility index (Phi) is 5.38. The van der Waals surface area contributed by atoms with E-state index in [1.54, 1.807) is 30.6 Å². The lowest BCUT2D eigenvalue weighted by molar-refractivity contribution is 0.0962. The van der Waals surface area contributed by atoms with Gasteiger partial charge in [0, 0.05) is 35.2 Å². The van der Waals surface area contributed by atoms with Crippen molar-refractivity contribution < 1.29 is 4.79 Å². The lowest BCUT2D eigenvalue weighted by atomic mass is 9.99. The maximum atomic E-state index is 12.4. The lowest BCUT2D eigenvalue weighted by Gasteiger charge is -2.25. The Balaban J connectivity index is 1.42. The highest BCUT2D eigenvalue weighted by Crippen LogP contribution is 2.23. The topological polar surface area (TPSA) is 104 Å². The second kappa shape index (κ2) is 8.43. The van der Waals surface area contributed by atoms with Crippen LogP contribution in [-0.4, -0.2) is 23.4 Å². The van der Waals surface area contributed by atoms with Gasteiger partial charge in [0.25, 0.3) is 5.91 Å². The molecule has 4 rings (SSSR count). The van der Waals surface area contributed by atoms with Gasteiger partial charge >= 0.3 is 0 Å². The summed E-state index contributed by atoms with van der Waals surface area (Å²) in [5.74, 6) is -0.220. The molecule has 2 heterocycles. The van der Waals surface area contributed by atoms with Crippen molar-refractivity contribution in [3.63, 3.8) is 0 Å². The Morgan fingerprint density at radius 2 is 2.14 bits per heavy atom. The van der Waals surface area contributed by atoms with E-state index >= 15 is 0 Å². The van der Waals surface area contributed by atoms with Crippen LogP contribution in [0.4, 0.5) is 11.4 Å². The monoisotopic (exact) mass is 386 g/mol. The number of nitrogen functional groups attached to an aromatic ring is 1. The molecule has 1 amide bonds. The number of nitrogens with one attached hydrogen (secondary N) is 3. The zero-order chi connectivity index (χ0) is 20.1. The van der Waals surface area contributed by atoms with Crippen LogP contribution in [0.2, 0.25) is 0 Å². The molecule has 1 aromatic heterocycles. The Bertz CT molecular complexity index is 1020. The summed E-state index contributed by atoms with van der Waals surface area (Å²) in [4.78, 5) is 20.9. The van der Waals surface area contributed by atoms with E-state index < -0.39 is 0 Å². The summed E-state index contributed by atoms with van der Waals surface area (Å²) in [6.45, 7) is 0. The molecule has 146 valence electrons. The standard InChI is InChI=1S/C22H22N6O/c23-16-6-4-8-18(14-16)27-22-25-12-10-19(28-22)15-5-3-7-17(13-15)26-21(29)20-9-1-2-11-24-20/h1-2,4,6-14,22,27-28H,3,5,23H2,(H,26,29). The Labute approximate surface area is 169 Å². The number of carbonyl (C=O) groups is 1. The fraction of sp³-hybridized carbons (Fsp3) is 0.136. The highest BCUT2D eigenvalue weighted by molar-refractivity contribution is 5.93. The van der Waals surface area contributed by atoms with Crippen LogP contribution in [0.25, 0.3) is 0 Å². The van der Waals surface area contributed by atoms with E-state index in [1.165, 1.54) is 0 Å². The quantitative estimate of drug-likeness (QED) is 0.592. The van der Waals surface area contributed by atoms with Gasteiger partial charge in [-0.2, -0.15) is 0 Å². The number of aromatic nitrogens is 1. The summed E-state index contributed by atoms with van der Waals surface area (Å²) in [7, 11) is 0. The fourth-order valence-corrected chi connectivity index (χ4v) is 3.19. The molecule has 2 aliphatic rings. The van der Waals surface area contributed by atoms with Crippen LogP contribution in [0.1, 0.15) is 23.3 Å². The molecule has 0 bridgehead atoms. The summed E-state index contributed by atoms with van der Waals surface area (Å²) < 4.78 is 0. The van der Waals surface area contributed by atoms with Crippen LogP contribution < -0.4 is 21.7 Å². The highest BCUT2D eigenvalue weighted by atomic mass is 16.1. The lowest BCUT2D eigenvalue weighted by Crippen LogP contribution is -2.37. The normalized spacial score (nSPS) is 18.1. The van der Waals surface area contributed by atoms with Gasteiger partial charge in [0.15, 0.2) is 6.29 Å². The van der Waals surface area contributed by atoms with E-state index in [4.69, 9.17) is 5.73 Å². The number of aliphatic imine (C=N–C) groups is 1. The van der Waals surface area contributed by atoms with E-state index in [0.29, 0.717) is 11.4 Å². The number of amides is 1. The van der Waals surface area contributed by atoms with Crippen LogP contribution in [0.15, 0.2) is 88.8 Å². The van der Waals surface area contributed by atoms with Crippen molar-refractivity contribution in [3.05, 3.63) is 89.6 Å². The first kappa shape index (κ1) is 18.5. The van der Waals surface area contributed by atoms with Gasteiger partial charge < -0.3 is 21.7 Å². The number of rotatable bonds is 5. The third kappa shape index (κ3) is 4.70.